The molecule has 260 valence electrons. The molecular formula is C40H38N4O5S2. The number of likely N-dealkylation sites (N-methyl/N-ethyl adjacent to an activating group) is 1. The van der Waals surface area contributed by atoms with Crippen LogP contribution in [0.25, 0.3) is 22.0 Å². The van der Waals surface area contributed by atoms with Crippen LogP contribution in [0.5, 0.6) is 0 Å². The summed E-state index contributed by atoms with van der Waals surface area (Å²) >= 11 is 1.58. The number of aryl methyl sites for hydroxylation is 2. The Morgan fingerprint density at radius 2 is 1.47 bits per heavy atom. The summed E-state index contributed by atoms with van der Waals surface area (Å²) in [6, 6.07) is 26.8. The summed E-state index contributed by atoms with van der Waals surface area (Å²) in [4.78, 5) is 46.9. The fraction of sp³-hybridized carbons (Fsp3) is 0.175. The Labute approximate surface area is 301 Å². The Kier molecular flexibility index (Phi) is 10.2. The Hall–Kier alpha value is -5.52. The van der Waals surface area contributed by atoms with Gasteiger partial charge in [-0.05, 0) is 83.3 Å². The Bertz CT molecular complexity index is 2280. The highest BCUT2D eigenvalue weighted by Gasteiger charge is 2.44. The second-order valence-corrected chi connectivity index (χ2v) is 15.3. The number of nitrogens with zero attached hydrogens (tertiary/aromatic N) is 2. The molecule has 2 atom stereocenters. The Morgan fingerprint density at radius 3 is 2.12 bits per heavy atom. The van der Waals surface area contributed by atoms with Crippen molar-refractivity contribution in [2.45, 2.75) is 43.7 Å². The number of aromatic amines is 1. The van der Waals surface area contributed by atoms with E-state index in [0.717, 1.165) is 33.2 Å². The van der Waals surface area contributed by atoms with Crippen molar-refractivity contribution in [1.29, 1.82) is 0 Å². The van der Waals surface area contributed by atoms with Gasteiger partial charge in [0.05, 0.1) is 4.90 Å². The van der Waals surface area contributed by atoms with Crippen LogP contribution in [0.4, 0.5) is 0 Å². The smallest absolute Gasteiger partial charge is 0.267 e. The van der Waals surface area contributed by atoms with E-state index in [-0.39, 0.29) is 17.7 Å². The van der Waals surface area contributed by atoms with Gasteiger partial charge < -0.3 is 15.6 Å². The van der Waals surface area contributed by atoms with Crippen LogP contribution >= 0.6 is 11.3 Å². The number of hydrogen-bond acceptors (Lipinski definition) is 6. The highest BCUT2D eigenvalue weighted by Crippen LogP contribution is 2.28. The van der Waals surface area contributed by atoms with E-state index < -0.39 is 39.8 Å². The zero-order valence-corrected chi connectivity index (χ0v) is 30.1. The lowest BCUT2D eigenvalue weighted by Gasteiger charge is -2.35. The van der Waals surface area contributed by atoms with E-state index in [1.54, 1.807) is 35.7 Å². The van der Waals surface area contributed by atoms with E-state index in [1.165, 1.54) is 36.2 Å². The number of hydrogen-bond donors (Lipinski definition) is 2. The minimum Gasteiger partial charge on any atom is -0.368 e. The van der Waals surface area contributed by atoms with Gasteiger partial charge in [-0.15, -0.1) is 0 Å². The molecule has 4 aromatic carbocycles. The van der Waals surface area contributed by atoms with Gasteiger partial charge in [0.1, 0.15) is 12.1 Å². The first-order valence-corrected chi connectivity index (χ1v) is 18.8. The molecule has 0 radical (unpaired) electrons. The molecule has 3 amide bonds. The number of thiophene rings is 1. The number of sulfonamides is 1. The number of rotatable bonds is 12. The highest BCUT2D eigenvalue weighted by atomic mass is 32.2. The monoisotopic (exact) mass is 718 g/mol. The third-order valence-electron chi connectivity index (χ3n) is 9.00. The summed E-state index contributed by atoms with van der Waals surface area (Å²) in [6.07, 6.45) is 1.46. The number of carbonyl (C=O) groups is 3. The third kappa shape index (κ3) is 7.50. The molecule has 6 rings (SSSR count). The molecule has 51 heavy (non-hydrogen) atoms. The number of fused-ring (bicyclic) bond motifs is 1. The van der Waals surface area contributed by atoms with Crippen LogP contribution in [0.2, 0.25) is 0 Å². The van der Waals surface area contributed by atoms with Crippen LogP contribution in [0.1, 0.15) is 32.6 Å². The quantitative estimate of drug-likeness (QED) is 0.149. The maximum atomic E-state index is 15.1. The number of primary amides is 1. The van der Waals surface area contributed by atoms with E-state index >= 15 is 4.79 Å². The summed E-state index contributed by atoms with van der Waals surface area (Å²) < 4.78 is 29.8. The number of aromatic nitrogens is 1. The predicted molar refractivity (Wildman–Crippen MR) is 201 cm³/mol. The minimum absolute atomic E-state index is 0.0326. The molecule has 0 aliphatic carbocycles. The molecule has 2 aromatic heterocycles. The Balaban J connectivity index is 1.47. The molecule has 11 heteroatoms. The number of nitrogens with one attached hydrogen (secondary N) is 1. The number of amides is 3. The first-order chi connectivity index (χ1) is 24.4. The molecule has 0 aliphatic rings. The van der Waals surface area contributed by atoms with Crippen LogP contribution in [0.3, 0.4) is 0 Å². The van der Waals surface area contributed by atoms with E-state index in [1.807, 2.05) is 85.3 Å². The van der Waals surface area contributed by atoms with Crippen LogP contribution in [-0.2, 0) is 32.5 Å². The number of H-pyrrole nitrogens is 1. The first-order valence-electron chi connectivity index (χ1n) is 16.4. The van der Waals surface area contributed by atoms with Crippen molar-refractivity contribution >= 4 is 50.0 Å². The fourth-order valence-corrected chi connectivity index (χ4v) is 8.68. The van der Waals surface area contributed by atoms with Crippen molar-refractivity contribution in [2.24, 2.45) is 5.73 Å². The zero-order chi connectivity index (χ0) is 36.3. The zero-order valence-electron chi connectivity index (χ0n) is 28.4. The SMILES string of the molecule is Cc1cc(C)cc(C(=O)N(C)[C@H](Cc2ccc(-c3ccsc3)cc2)C(=O)N([C@@H](Cc2c[nH]c3ccccc23)C(N)=O)S(=O)(=O)c2ccccc2)c1. The predicted octanol–water partition coefficient (Wildman–Crippen LogP) is 6.51. The van der Waals surface area contributed by atoms with Crippen LogP contribution in [0, 0.1) is 13.8 Å². The lowest BCUT2D eigenvalue weighted by atomic mass is 9.99. The maximum absolute atomic E-state index is 15.1. The summed E-state index contributed by atoms with van der Waals surface area (Å²) in [5, 5.41) is 4.78. The molecule has 0 saturated heterocycles. The second-order valence-electron chi connectivity index (χ2n) is 12.7. The topological polar surface area (TPSA) is 134 Å². The van der Waals surface area contributed by atoms with Crippen molar-refractivity contribution in [3.63, 3.8) is 0 Å². The molecule has 6 aromatic rings. The molecule has 0 spiro atoms. The molecule has 3 N–H and O–H groups in total. The van der Waals surface area contributed by atoms with Gasteiger partial charge in [-0.3, -0.25) is 14.4 Å². The largest absolute Gasteiger partial charge is 0.368 e. The lowest BCUT2D eigenvalue weighted by Crippen LogP contribution is -2.58. The average Bonchev–Trinajstić information content (AvgIpc) is 3.81. The average molecular weight is 719 g/mol. The molecule has 0 bridgehead atoms. The third-order valence-corrected chi connectivity index (χ3v) is 11.5. The molecule has 0 unspecified atom stereocenters. The summed E-state index contributed by atoms with van der Waals surface area (Å²) in [5.41, 5.74) is 12.2. The van der Waals surface area contributed by atoms with Crippen LogP contribution in [-0.4, -0.2) is 59.5 Å². The van der Waals surface area contributed by atoms with E-state index in [9.17, 15) is 18.0 Å². The minimum atomic E-state index is -4.68. The molecule has 2 heterocycles. The maximum Gasteiger partial charge on any atom is 0.267 e. The van der Waals surface area contributed by atoms with E-state index in [2.05, 4.69) is 4.98 Å². The van der Waals surface area contributed by atoms with Gasteiger partial charge >= 0.3 is 0 Å². The van der Waals surface area contributed by atoms with Crippen molar-refractivity contribution < 1.29 is 22.8 Å². The van der Waals surface area contributed by atoms with Crippen molar-refractivity contribution in [3.8, 4) is 11.1 Å². The number of para-hydroxylation sites is 1. The van der Waals surface area contributed by atoms with E-state index in [0.29, 0.717) is 21.0 Å². The number of nitrogens with two attached hydrogens (primary N) is 1. The molecule has 0 aliphatic heterocycles. The van der Waals surface area contributed by atoms with Gasteiger partial charge in [0.15, 0.2) is 0 Å². The van der Waals surface area contributed by atoms with Crippen molar-refractivity contribution in [3.05, 3.63) is 148 Å². The molecule has 0 saturated carbocycles. The van der Waals surface area contributed by atoms with Crippen LogP contribution in [0.15, 0.2) is 125 Å². The Morgan fingerprint density at radius 1 is 0.804 bits per heavy atom. The molecule has 9 nitrogen and oxygen atoms in total. The van der Waals surface area contributed by atoms with Gasteiger partial charge in [0.2, 0.25) is 5.91 Å². The van der Waals surface area contributed by atoms with Gasteiger partial charge in [-0.1, -0.05) is 77.9 Å². The number of carbonyl (C=O) groups excluding carboxylic acids is 3. The van der Waals surface area contributed by atoms with Gasteiger partial charge in [-0.2, -0.15) is 11.3 Å². The fourth-order valence-electron chi connectivity index (χ4n) is 6.42. The van der Waals surface area contributed by atoms with E-state index in [4.69, 9.17) is 5.73 Å². The van der Waals surface area contributed by atoms with Gasteiger partial charge in [0, 0.05) is 42.6 Å². The normalized spacial score (nSPS) is 12.7. The first kappa shape index (κ1) is 35.3. The molecular weight excluding hydrogens is 681 g/mol. The summed E-state index contributed by atoms with van der Waals surface area (Å²) in [7, 11) is -3.20. The summed E-state index contributed by atoms with van der Waals surface area (Å²) in [6.45, 7) is 3.75. The van der Waals surface area contributed by atoms with Crippen LogP contribution < -0.4 is 5.73 Å². The molecule has 0 fully saturated rings. The van der Waals surface area contributed by atoms with Crippen molar-refractivity contribution in [1.82, 2.24) is 14.2 Å². The lowest BCUT2D eigenvalue weighted by molar-refractivity contribution is -0.137. The standard InChI is InChI=1S/C40H38N4O5S2/c1-26-19-27(2)21-31(20-26)39(46)43(3)37(22-28-13-15-29(16-14-28)30-17-18-50-25-30)40(47)44(51(48,49)33-9-5-4-6-10-33)36(38(41)45)23-32-24-42-35-12-8-7-11-34(32)35/h4-21,24-25,36-37,42H,22-23H2,1-3H3,(H2,41,45)/t36-,37+/m0/s1. The summed E-state index contributed by atoms with van der Waals surface area (Å²) in [5.74, 6) is -2.43. The van der Waals surface area contributed by atoms with Gasteiger partial charge in [0.25, 0.3) is 21.8 Å². The highest BCUT2D eigenvalue weighted by molar-refractivity contribution is 7.89. The number of benzene rings is 4. The van der Waals surface area contributed by atoms with Crippen molar-refractivity contribution in [2.75, 3.05) is 7.05 Å². The van der Waals surface area contributed by atoms with Gasteiger partial charge in [-0.25, -0.2) is 12.7 Å². The second kappa shape index (κ2) is 14.8.